The minimum Gasteiger partial charge on any atom is -0.308 e. The molecule has 0 spiro atoms. The Bertz CT molecular complexity index is 2510. The summed E-state index contributed by atoms with van der Waals surface area (Å²) in [6, 6.07) is 36.6. The zero-order valence-electron chi connectivity index (χ0n) is 26.3. The van der Waals surface area contributed by atoms with Crippen molar-refractivity contribution >= 4 is 97.2 Å². The Balaban J connectivity index is 1.40. The zero-order valence-corrected chi connectivity index (χ0v) is 27.9. The Morgan fingerprint density at radius 3 is 1.28 bits per heavy atom. The molecule has 9 aromatic rings. The number of aromatic nitrogens is 2. The molecule has 0 fully saturated rings. The van der Waals surface area contributed by atoms with Gasteiger partial charge in [-0.25, -0.2) is 0 Å². The Hall–Kier alpha value is -4.90. The van der Waals surface area contributed by atoms with Gasteiger partial charge in [0.05, 0.1) is 31.5 Å². The van der Waals surface area contributed by atoms with Gasteiger partial charge in [0.2, 0.25) is 0 Å². The van der Waals surface area contributed by atoms with E-state index in [2.05, 4.69) is 158 Å². The summed E-state index contributed by atoms with van der Waals surface area (Å²) in [6.45, 7) is 8.48. The summed E-state index contributed by atoms with van der Waals surface area (Å²) in [7, 11) is 0. The fourth-order valence-corrected chi connectivity index (χ4v) is 9.56. The molecule has 4 heterocycles. The molecule has 222 valence electrons. The summed E-state index contributed by atoms with van der Waals surface area (Å²) in [6.07, 6.45) is 8.61. The Morgan fingerprint density at radius 1 is 0.478 bits per heavy atom. The SMILES string of the molecule is C/C=C/c1ccc2c3sc4cc5c(cc4c3n(-c3ccc(C)cc3)c2c1)sc1c2ccc(/C=C/C)cc2n(-c2ccc(C)cc2)c51. The van der Waals surface area contributed by atoms with Crippen molar-refractivity contribution in [2.45, 2.75) is 27.7 Å². The van der Waals surface area contributed by atoms with E-state index in [1.165, 1.54) is 96.0 Å². The summed E-state index contributed by atoms with van der Waals surface area (Å²) < 4.78 is 10.3. The Labute approximate surface area is 275 Å². The van der Waals surface area contributed by atoms with Crippen LogP contribution in [0, 0.1) is 13.8 Å². The standard InChI is InChI=1S/C42H32N2S2/c1-5-7-27-13-19-31-35(21-27)43(29-15-9-25(3)10-16-29)39-33-23-38-34(24-37(33)45-41(31)39)40-42(46-38)32-20-14-28(8-6-2)22-36(32)44(40)30-17-11-26(4)12-18-30/h5-24H,1-4H3/b7-5+,8-6+. The largest absolute Gasteiger partial charge is 0.308 e. The third-order valence-electron chi connectivity index (χ3n) is 9.21. The number of hydrogen-bond acceptors (Lipinski definition) is 2. The predicted molar refractivity (Wildman–Crippen MR) is 205 cm³/mol. The number of rotatable bonds is 4. The number of fused-ring (bicyclic) bond motifs is 10. The van der Waals surface area contributed by atoms with E-state index >= 15 is 0 Å². The molecule has 0 aliphatic rings. The van der Waals surface area contributed by atoms with Crippen molar-refractivity contribution in [1.82, 2.24) is 9.13 Å². The van der Waals surface area contributed by atoms with E-state index in [-0.39, 0.29) is 0 Å². The number of nitrogens with zero attached hydrogens (tertiary/aromatic N) is 2. The van der Waals surface area contributed by atoms with E-state index in [0.717, 1.165) is 0 Å². The van der Waals surface area contributed by atoms with Gasteiger partial charge in [0.15, 0.2) is 0 Å². The average Bonchev–Trinajstić information content (AvgIpc) is 3.77. The van der Waals surface area contributed by atoms with Gasteiger partial charge in [0.1, 0.15) is 0 Å². The molecule has 4 heteroatoms. The van der Waals surface area contributed by atoms with Crippen LogP contribution in [0.15, 0.2) is 109 Å². The van der Waals surface area contributed by atoms with Gasteiger partial charge in [-0.05, 0) is 87.4 Å². The maximum absolute atomic E-state index is 2.49. The van der Waals surface area contributed by atoms with Crippen LogP contribution in [-0.4, -0.2) is 9.13 Å². The zero-order chi connectivity index (χ0) is 31.1. The second-order valence-electron chi connectivity index (χ2n) is 12.3. The lowest BCUT2D eigenvalue weighted by Crippen LogP contribution is -1.94. The van der Waals surface area contributed by atoms with Gasteiger partial charge in [0, 0.05) is 42.3 Å². The maximum atomic E-state index is 2.49. The highest BCUT2D eigenvalue weighted by atomic mass is 32.1. The van der Waals surface area contributed by atoms with Gasteiger partial charge in [-0.2, -0.15) is 0 Å². The first-order valence-electron chi connectivity index (χ1n) is 15.8. The van der Waals surface area contributed by atoms with Crippen molar-refractivity contribution in [2.75, 3.05) is 0 Å². The fourth-order valence-electron chi connectivity index (χ4n) is 7.08. The van der Waals surface area contributed by atoms with Gasteiger partial charge in [-0.1, -0.05) is 84.0 Å². The van der Waals surface area contributed by atoms with Crippen LogP contribution in [0.3, 0.4) is 0 Å². The molecule has 0 N–H and O–H groups in total. The topological polar surface area (TPSA) is 9.86 Å². The summed E-state index contributed by atoms with van der Waals surface area (Å²) >= 11 is 3.85. The summed E-state index contributed by atoms with van der Waals surface area (Å²) in [5, 5.41) is 5.26. The monoisotopic (exact) mass is 628 g/mol. The summed E-state index contributed by atoms with van der Waals surface area (Å²) in [4.78, 5) is 0. The maximum Gasteiger partial charge on any atom is 0.0728 e. The highest BCUT2D eigenvalue weighted by Crippen LogP contribution is 2.48. The van der Waals surface area contributed by atoms with Gasteiger partial charge >= 0.3 is 0 Å². The summed E-state index contributed by atoms with van der Waals surface area (Å²) in [5.74, 6) is 0. The van der Waals surface area contributed by atoms with E-state index in [1.807, 2.05) is 22.7 Å². The van der Waals surface area contributed by atoms with Crippen molar-refractivity contribution in [3.8, 4) is 11.4 Å². The Kier molecular flexibility index (Phi) is 6.15. The molecule has 5 aromatic carbocycles. The number of aryl methyl sites for hydroxylation is 2. The molecular formula is C42H32N2S2. The van der Waals surface area contributed by atoms with E-state index in [9.17, 15) is 0 Å². The first-order valence-corrected chi connectivity index (χ1v) is 17.5. The van der Waals surface area contributed by atoms with E-state index in [0.29, 0.717) is 0 Å². The molecule has 0 aliphatic carbocycles. The van der Waals surface area contributed by atoms with E-state index in [4.69, 9.17) is 0 Å². The lowest BCUT2D eigenvalue weighted by Gasteiger charge is -2.10. The normalized spacial score (nSPS) is 12.6. The van der Waals surface area contributed by atoms with E-state index in [1.54, 1.807) is 0 Å². The summed E-state index contributed by atoms with van der Waals surface area (Å²) in [5.41, 5.74) is 12.5. The van der Waals surface area contributed by atoms with Crippen molar-refractivity contribution in [3.63, 3.8) is 0 Å². The molecule has 0 radical (unpaired) electrons. The van der Waals surface area contributed by atoms with Crippen molar-refractivity contribution in [1.29, 1.82) is 0 Å². The molecule has 0 saturated carbocycles. The smallest absolute Gasteiger partial charge is 0.0728 e. The van der Waals surface area contributed by atoms with Crippen molar-refractivity contribution in [3.05, 3.63) is 131 Å². The number of thiophene rings is 2. The van der Waals surface area contributed by atoms with Gasteiger partial charge in [-0.3, -0.25) is 0 Å². The van der Waals surface area contributed by atoms with Gasteiger partial charge in [0.25, 0.3) is 0 Å². The number of benzene rings is 5. The van der Waals surface area contributed by atoms with Gasteiger partial charge < -0.3 is 9.13 Å². The quantitative estimate of drug-likeness (QED) is 0.183. The van der Waals surface area contributed by atoms with Crippen LogP contribution >= 0.6 is 22.7 Å². The molecule has 0 unspecified atom stereocenters. The second-order valence-corrected chi connectivity index (χ2v) is 14.4. The average molecular weight is 629 g/mol. The Morgan fingerprint density at radius 2 is 0.891 bits per heavy atom. The predicted octanol–water partition coefficient (Wildman–Crippen LogP) is 13.0. The molecule has 0 bridgehead atoms. The minimum atomic E-state index is 1.20. The molecular weight excluding hydrogens is 597 g/mol. The molecule has 0 saturated heterocycles. The first kappa shape index (κ1) is 27.4. The molecule has 9 rings (SSSR count). The van der Waals surface area contributed by atoms with Crippen molar-refractivity contribution < 1.29 is 0 Å². The fraction of sp³-hybridized carbons (Fsp3) is 0.0952. The molecule has 46 heavy (non-hydrogen) atoms. The van der Waals surface area contributed by atoms with Gasteiger partial charge in [-0.15, -0.1) is 22.7 Å². The molecule has 0 atom stereocenters. The first-order chi connectivity index (χ1) is 22.5. The second kappa shape index (κ2) is 10.3. The number of hydrogen-bond donors (Lipinski definition) is 0. The molecule has 0 amide bonds. The van der Waals surface area contributed by atoms with E-state index < -0.39 is 0 Å². The van der Waals surface area contributed by atoms with Crippen molar-refractivity contribution in [2.24, 2.45) is 0 Å². The molecule has 0 aliphatic heterocycles. The highest BCUT2D eigenvalue weighted by molar-refractivity contribution is 7.28. The highest BCUT2D eigenvalue weighted by Gasteiger charge is 2.22. The van der Waals surface area contributed by atoms with Crippen LogP contribution in [0.2, 0.25) is 0 Å². The third-order valence-corrected chi connectivity index (χ3v) is 11.6. The van der Waals surface area contributed by atoms with Crippen LogP contribution in [0.5, 0.6) is 0 Å². The number of allylic oxidation sites excluding steroid dienone is 2. The van der Waals surface area contributed by atoms with Crippen LogP contribution in [0.4, 0.5) is 0 Å². The lowest BCUT2D eigenvalue weighted by atomic mass is 10.1. The van der Waals surface area contributed by atoms with Crippen LogP contribution in [0.1, 0.15) is 36.1 Å². The molecule has 2 nitrogen and oxygen atoms in total. The minimum absolute atomic E-state index is 1.20. The molecule has 4 aromatic heterocycles. The van der Waals surface area contributed by atoms with Crippen LogP contribution < -0.4 is 0 Å². The lowest BCUT2D eigenvalue weighted by molar-refractivity contribution is 1.18. The van der Waals surface area contributed by atoms with Crippen LogP contribution in [0.25, 0.3) is 85.9 Å². The van der Waals surface area contributed by atoms with Crippen LogP contribution in [-0.2, 0) is 0 Å². The third kappa shape index (κ3) is 4.00.